The predicted octanol–water partition coefficient (Wildman–Crippen LogP) is 4.13. The van der Waals surface area contributed by atoms with E-state index in [1.165, 1.54) is 12.1 Å². The summed E-state index contributed by atoms with van der Waals surface area (Å²) in [4.78, 5) is 14.5. The third-order valence-electron chi connectivity index (χ3n) is 4.54. The van der Waals surface area contributed by atoms with Gasteiger partial charge in [0.1, 0.15) is 17.3 Å². The van der Waals surface area contributed by atoms with Crippen LogP contribution in [-0.2, 0) is 0 Å². The van der Waals surface area contributed by atoms with Crippen molar-refractivity contribution in [2.75, 3.05) is 27.7 Å². The van der Waals surface area contributed by atoms with Gasteiger partial charge in [-0.2, -0.15) is 0 Å². The lowest BCUT2D eigenvalue weighted by atomic mass is 10.1. The van der Waals surface area contributed by atoms with Crippen LogP contribution in [0, 0.1) is 5.82 Å². The summed E-state index contributed by atoms with van der Waals surface area (Å²) in [6.07, 6.45) is 0. The highest BCUT2D eigenvalue weighted by molar-refractivity contribution is 5.92. The van der Waals surface area contributed by atoms with Crippen LogP contribution in [0.5, 0.6) is 5.75 Å². The summed E-state index contributed by atoms with van der Waals surface area (Å²) in [6.45, 7) is 0.421. The molecule has 0 bridgehead atoms. The van der Waals surface area contributed by atoms with Gasteiger partial charge in [-0.1, -0.05) is 12.1 Å². The van der Waals surface area contributed by atoms with Crippen molar-refractivity contribution >= 4 is 5.91 Å². The first-order valence-electron chi connectivity index (χ1n) is 8.92. The van der Waals surface area contributed by atoms with Gasteiger partial charge >= 0.3 is 0 Å². The van der Waals surface area contributed by atoms with Crippen LogP contribution in [0.1, 0.15) is 22.2 Å². The second kappa shape index (κ2) is 8.71. The molecule has 0 fully saturated rings. The Morgan fingerprint density at radius 2 is 1.75 bits per heavy atom. The Labute approximate surface area is 163 Å². The molecule has 0 aliphatic rings. The van der Waals surface area contributed by atoms with Gasteiger partial charge in [-0.05, 0) is 68.2 Å². The van der Waals surface area contributed by atoms with E-state index in [4.69, 9.17) is 9.15 Å². The molecule has 0 spiro atoms. The molecule has 5 nitrogen and oxygen atoms in total. The van der Waals surface area contributed by atoms with Crippen LogP contribution in [0.15, 0.2) is 65.1 Å². The van der Waals surface area contributed by atoms with E-state index in [2.05, 4.69) is 5.32 Å². The lowest BCUT2D eigenvalue weighted by Gasteiger charge is -2.25. The van der Waals surface area contributed by atoms with Crippen LogP contribution in [0.4, 0.5) is 4.39 Å². The maximum atomic E-state index is 13.1. The number of benzene rings is 2. The van der Waals surface area contributed by atoms with E-state index in [-0.39, 0.29) is 23.5 Å². The average Bonchev–Trinajstić information content (AvgIpc) is 3.19. The van der Waals surface area contributed by atoms with Crippen molar-refractivity contribution < 1.29 is 18.3 Å². The normalized spacial score (nSPS) is 12.0. The van der Waals surface area contributed by atoms with E-state index in [0.717, 1.165) is 11.3 Å². The SMILES string of the molecule is COc1ccc(C(CNC(=O)c2ccc(-c3ccc(F)cc3)o2)N(C)C)cc1. The fraction of sp³-hybridized carbons (Fsp3) is 0.227. The molecule has 28 heavy (non-hydrogen) atoms. The Bertz CT molecular complexity index is 918. The van der Waals surface area contributed by atoms with Gasteiger partial charge in [0.05, 0.1) is 13.2 Å². The summed E-state index contributed by atoms with van der Waals surface area (Å²) in [7, 11) is 5.55. The van der Waals surface area contributed by atoms with E-state index in [1.807, 2.05) is 43.3 Å². The van der Waals surface area contributed by atoms with E-state index < -0.39 is 0 Å². The van der Waals surface area contributed by atoms with Crippen molar-refractivity contribution in [3.8, 4) is 17.1 Å². The van der Waals surface area contributed by atoms with Crippen LogP contribution in [-0.4, -0.2) is 38.6 Å². The van der Waals surface area contributed by atoms with Crippen molar-refractivity contribution in [2.45, 2.75) is 6.04 Å². The smallest absolute Gasteiger partial charge is 0.287 e. The van der Waals surface area contributed by atoms with Gasteiger partial charge in [-0.3, -0.25) is 4.79 Å². The molecule has 0 aliphatic carbocycles. The Hall–Kier alpha value is -3.12. The molecule has 146 valence electrons. The molecule has 3 rings (SSSR count). The highest BCUT2D eigenvalue weighted by Gasteiger charge is 2.18. The molecule has 1 atom stereocenters. The standard InChI is InChI=1S/C22H23FN2O3/c1-25(2)19(15-6-10-18(27-3)11-7-15)14-24-22(26)21-13-12-20(28-21)16-4-8-17(23)9-5-16/h4-13,19H,14H2,1-3H3,(H,24,26). The number of ether oxygens (including phenoxy) is 1. The zero-order valence-electron chi connectivity index (χ0n) is 16.1. The maximum absolute atomic E-state index is 13.1. The lowest BCUT2D eigenvalue weighted by Crippen LogP contribution is -2.34. The van der Waals surface area contributed by atoms with E-state index in [0.29, 0.717) is 17.9 Å². The number of furan rings is 1. The molecular weight excluding hydrogens is 359 g/mol. The van der Waals surface area contributed by atoms with E-state index in [9.17, 15) is 9.18 Å². The topological polar surface area (TPSA) is 54.7 Å². The molecule has 0 aliphatic heterocycles. The second-order valence-electron chi connectivity index (χ2n) is 6.63. The fourth-order valence-electron chi connectivity index (χ4n) is 2.93. The van der Waals surface area contributed by atoms with Crippen molar-refractivity contribution in [1.82, 2.24) is 10.2 Å². The number of likely N-dealkylation sites (N-methyl/N-ethyl adjacent to an activating group) is 1. The molecule has 0 radical (unpaired) electrons. The minimum atomic E-state index is -0.318. The van der Waals surface area contributed by atoms with Gasteiger partial charge in [-0.15, -0.1) is 0 Å². The second-order valence-corrected chi connectivity index (χ2v) is 6.63. The van der Waals surface area contributed by atoms with Gasteiger partial charge in [0.25, 0.3) is 5.91 Å². The first kappa shape index (κ1) is 19.6. The molecule has 1 amide bonds. The maximum Gasteiger partial charge on any atom is 0.287 e. The molecule has 6 heteroatoms. The van der Waals surface area contributed by atoms with Gasteiger partial charge in [0, 0.05) is 12.1 Å². The molecule has 3 aromatic rings. The molecule has 0 saturated heterocycles. The van der Waals surface area contributed by atoms with Crippen molar-refractivity contribution in [3.05, 3.63) is 77.8 Å². The minimum absolute atomic E-state index is 0.00128. The van der Waals surface area contributed by atoms with Crippen LogP contribution in [0.2, 0.25) is 0 Å². The summed E-state index contributed by atoms with van der Waals surface area (Å²) in [5.74, 6) is 0.903. The van der Waals surface area contributed by atoms with Crippen molar-refractivity contribution in [1.29, 1.82) is 0 Å². The highest BCUT2D eigenvalue weighted by Crippen LogP contribution is 2.23. The number of amides is 1. The predicted molar refractivity (Wildman–Crippen MR) is 106 cm³/mol. The Morgan fingerprint density at radius 3 is 2.36 bits per heavy atom. The molecule has 1 N–H and O–H groups in total. The molecular formula is C22H23FN2O3. The monoisotopic (exact) mass is 382 g/mol. The molecule has 1 aromatic heterocycles. The van der Waals surface area contributed by atoms with Crippen LogP contribution in [0.3, 0.4) is 0 Å². The van der Waals surface area contributed by atoms with Crippen molar-refractivity contribution in [3.63, 3.8) is 0 Å². The quantitative estimate of drug-likeness (QED) is 0.668. The van der Waals surface area contributed by atoms with Gasteiger partial charge in [-0.25, -0.2) is 4.39 Å². The third kappa shape index (κ3) is 4.58. The minimum Gasteiger partial charge on any atom is -0.497 e. The number of carbonyl (C=O) groups is 1. The number of rotatable bonds is 7. The first-order chi connectivity index (χ1) is 13.5. The van der Waals surface area contributed by atoms with E-state index in [1.54, 1.807) is 31.4 Å². The van der Waals surface area contributed by atoms with Crippen LogP contribution in [0.25, 0.3) is 11.3 Å². The summed E-state index contributed by atoms with van der Waals surface area (Å²) in [5, 5.41) is 2.92. The summed E-state index contributed by atoms with van der Waals surface area (Å²) in [5.41, 5.74) is 1.78. The zero-order valence-corrected chi connectivity index (χ0v) is 16.1. The summed E-state index contributed by atoms with van der Waals surface area (Å²) >= 11 is 0. The lowest BCUT2D eigenvalue weighted by molar-refractivity contribution is 0.0915. The molecule has 1 heterocycles. The Kier molecular flexibility index (Phi) is 6.11. The number of hydrogen-bond donors (Lipinski definition) is 1. The summed E-state index contributed by atoms with van der Waals surface area (Å²) in [6, 6.07) is 17.0. The largest absolute Gasteiger partial charge is 0.497 e. The van der Waals surface area contributed by atoms with Crippen LogP contribution < -0.4 is 10.1 Å². The van der Waals surface area contributed by atoms with Gasteiger partial charge < -0.3 is 19.4 Å². The van der Waals surface area contributed by atoms with E-state index >= 15 is 0 Å². The molecule has 0 saturated carbocycles. The molecule has 2 aromatic carbocycles. The van der Waals surface area contributed by atoms with Gasteiger partial charge in [0.15, 0.2) is 5.76 Å². The highest BCUT2D eigenvalue weighted by atomic mass is 19.1. The number of methoxy groups -OCH3 is 1. The fourth-order valence-corrected chi connectivity index (χ4v) is 2.93. The van der Waals surface area contributed by atoms with Gasteiger partial charge in [0.2, 0.25) is 0 Å². The van der Waals surface area contributed by atoms with Crippen molar-refractivity contribution in [2.24, 2.45) is 0 Å². The van der Waals surface area contributed by atoms with Crippen LogP contribution >= 0.6 is 0 Å². The number of carbonyl (C=O) groups excluding carboxylic acids is 1. The zero-order chi connectivity index (χ0) is 20.1. The number of halogens is 1. The number of nitrogens with one attached hydrogen (secondary N) is 1. The number of nitrogens with zero attached hydrogens (tertiary/aromatic N) is 1. The molecule has 1 unspecified atom stereocenters. The average molecular weight is 382 g/mol. The Balaban J connectivity index is 1.67. The Morgan fingerprint density at radius 1 is 1.07 bits per heavy atom. The first-order valence-corrected chi connectivity index (χ1v) is 8.92. The third-order valence-corrected chi connectivity index (χ3v) is 4.54. The summed E-state index contributed by atoms with van der Waals surface area (Å²) < 4.78 is 23.9. The number of hydrogen-bond acceptors (Lipinski definition) is 4.